The van der Waals surface area contributed by atoms with Crippen molar-refractivity contribution in [1.29, 1.82) is 0 Å². The highest BCUT2D eigenvalue weighted by Gasteiger charge is 2.01. The van der Waals surface area contributed by atoms with Crippen LogP contribution in [0.15, 0.2) is 54.6 Å². The largest absolute Gasteiger partial charge is 0.488 e. The normalized spacial score (nSPS) is 10.9. The van der Waals surface area contributed by atoms with Gasteiger partial charge in [0.2, 0.25) is 0 Å². The summed E-state index contributed by atoms with van der Waals surface area (Å²) in [4.78, 5) is 0. The van der Waals surface area contributed by atoms with Crippen molar-refractivity contribution in [1.82, 2.24) is 5.32 Å². The highest BCUT2D eigenvalue weighted by molar-refractivity contribution is 6.32. The molecule has 0 fully saturated rings. The lowest BCUT2D eigenvalue weighted by Crippen LogP contribution is -2.05. The van der Waals surface area contributed by atoms with E-state index in [9.17, 15) is 0 Å². The first-order valence-electron chi connectivity index (χ1n) is 6.57. The van der Waals surface area contributed by atoms with Crippen LogP contribution in [0.2, 0.25) is 5.02 Å². The predicted octanol–water partition coefficient (Wildman–Crippen LogP) is 4.15. The summed E-state index contributed by atoms with van der Waals surface area (Å²) in [6, 6.07) is 16.0. The van der Waals surface area contributed by atoms with Gasteiger partial charge in [-0.3, -0.25) is 0 Å². The lowest BCUT2D eigenvalue weighted by atomic mass is 10.2. The van der Waals surface area contributed by atoms with Crippen LogP contribution in [-0.2, 0) is 6.54 Å². The number of hydrogen-bond acceptors (Lipinski definition) is 2. The summed E-state index contributed by atoms with van der Waals surface area (Å²) in [6.45, 7) is 1.30. The minimum absolute atomic E-state index is 0.500. The molecule has 0 amide bonds. The fourth-order valence-corrected chi connectivity index (χ4v) is 2.12. The summed E-state index contributed by atoms with van der Waals surface area (Å²) >= 11 is 6.18. The number of hydrogen-bond donors (Lipinski definition) is 1. The van der Waals surface area contributed by atoms with Gasteiger partial charge in [-0.2, -0.15) is 0 Å². The zero-order valence-corrected chi connectivity index (χ0v) is 12.2. The molecular weight excluding hydrogens is 270 g/mol. The second kappa shape index (κ2) is 7.73. The van der Waals surface area contributed by atoms with Gasteiger partial charge in [0, 0.05) is 6.54 Å². The molecule has 2 rings (SSSR count). The summed E-state index contributed by atoms with van der Waals surface area (Å²) in [5.74, 6) is 0.712. The first kappa shape index (κ1) is 14.6. The van der Waals surface area contributed by atoms with Gasteiger partial charge in [0.05, 0.1) is 5.02 Å². The molecule has 0 aromatic heterocycles. The molecule has 0 radical (unpaired) electrons. The molecular formula is C17H18ClNO. The Morgan fingerprint density at radius 3 is 2.65 bits per heavy atom. The van der Waals surface area contributed by atoms with Crippen molar-refractivity contribution in [2.45, 2.75) is 6.54 Å². The van der Waals surface area contributed by atoms with Gasteiger partial charge in [-0.05, 0) is 36.4 Å². The van der Waals surface area contributed by atoms with E-state index in [0.29, 0.717) is 17.4 Å². The third-order valence-corrected chi connectivity index (χ3v) is 3.12. The summed E-state index contributed by atoms with van der Waals surface area (Å²) in [6.07, 6.45) is 4.01. The summed E-state index contributed by atoms with van der Waals surface area (Å²) in [7, 11) is 1.91. The molecule has 0 heterocycles. The van der Waals surface area contributed by atoms with Gasteiger partial charge in [-0.25, -0.2) is 0 Å². The van der Waals surface area contributed by atoms with Crippen LogP contribution < -0.4 is 10.1 Å². The number of rotatable bonds is 6. The molecule has 1 N–H and O–H groups in total. The van der Waals surface area contributed by atoms with Crippen LogP contribution in [0.5, 0.6) is 5.75 Å². The maximum absolute atomic E-state index is 6.18. The Balaban J connectivity index is 1.89. The van der Waals surface area contributed by atoms with Crippen LogP contribution in [0, 0.1) is 0 Å². The van der Waals surface area contributed by atoms with Crippen molar-refractivity contribution in [3.8, 4) is 5.75 Å². The van der Waals surface area contributed by atoms with Crippen molar-refractivity contribution in [2.75, 3.05) is 13.7 Å². The molecule has 0 saturated carbocycles. The fourth-order valence-electron chi connectivity index (χ4n) is 1.86. The van der Waals surface area contributed by atoms with Crippen LogP contribution in [0.4, 0.5) is 0 Å². The predicted molar refractivity (Wildman–Crippen MR) is 85.2 cm³/mol. The Hall–Kier alpha value is -1.77. The first-order valence-corrected chi connectivity index (χ1v) is 6.95. The Labute approximate surface area is 125 Å². The summed E-state index contributed by atoms with van der Waals surface area (Å²) in [5, 5.41) is 3.73. The van der Waals surface area contributed by atoms with Crippen molar-refractivity contribution in [2.24, 2.45) is 0 Å². The number of halogens is 1. The number of nitrogens with one attached hydrogen (secondary N) is 1. The number of ether oxygens (including phenoxy) is 1. The van der Waals surface area contributed by atoms with Gasteiger partial charge in [0.1, 0.15) is 12.4 Å². The SMILES string of the molecule is CNCc1ccc(OCC=Cc2ccccc2)c(Cl)c1. The van der Waals surface area contributed by atoms with E-state index in [1.807, 2.05) is 55.6 Å². The molecule has 0 aliphatic carbocycles. The molecule has 0 unspecified atom stereocenters. The lowest BCUT2D eigenvalue weighted by molar-refractivity contribution is 0.363. The van der Waals surface area contributed by atoms with Crippen molar-refractivity contribution < 1.29 is 4.74 Å². The molecule has 2 aromatic carbocycles. The van der Waals surface area contributed by atoms with Crippen molar-refractivity contribution in [3.05, 3.63) is 70.8 Å². The highest BCUT2D eigenvalue weighted by Crippen LogP contribution is 2.25. The minimum Gasteiger partial charge on any atom is -0.488 e. The molecule has 0 spiro atoms. The Kier molecular flexibility index (Phi) is 5.66. The van der Waals surface area contributed by atoms with E-state index < -0.39 is 0 Å². The topological polar surface area (TPSA) is 21.3 Å². The monoisotopic (exact) mass is 287 g/mol. The molecule has 2 aromatic rings. The van der Waals surface area contributed by atoms with Gasteiger partial charge < -0.3 is 10.1 Å². The van der Waals surface area contributed by atoms with E-state index >= 15 is 0 Å². The van der Waals surface area contributed by atoms with Gasteiger partial charge >= 0.3 is 0 Å². The maximum Gasteiger partial charge on any atom is 0.138 e. The second-order valence-corrected chi connectivity index (χ2v) is 4.83. The molecule has 3 heteroatoms. The fraction of sp³-hybridized carbons (Fsp3) is 0.176. The van der Waals surface area contributed by atoms with Crippen molar-refractivity contribution in [3.63, 3.8) is 0 Å². The van der Waals surface area contributed by atoms with E-state index in [-0.39, 0.29) is 0 Å². The Morgan fingerprint density at radius 2 is 1.95 bits per heavy atom. The minimum atomic E-state index is 0.500. The summed E-state index contributed by atoms with van der Waals surface area (Å²) in [5.41, 5.74) is 2.30. The molecule has 104 valence electrons. The second-order valence-electron chi connectivity index (χ2n) is 4.42. The zero-order valence-electron chi connectivity index (χ0n) is 11.5. The van der Waals surface area contributed by atoms with Crippen LogP contribution in [0.25, 0.3) is 6.08 Å². The standard InChI is InChI=1S/C17H18ClNO/c1-19-13-15-9-10-17(16(18)12-15)20-11-5-8-14-6-3-2-4-7-14/h2-10,12,19H,11,13H2,1H3. The average molecular weight is 288 g/mol. The average Bonchev–Trinajstić information content (AvgIpc) is 2.47. The summed E-state index contributed by atoms with van der Waals surface area (Å²) < 4.78 is 5.65. The van der Waals surface area contributed by atoms with E-state index in [2.05, 4.69) is 17.4 Å². The van der Waals surface area contributed by atoms with Gasteiger partial charge in [0.25, 0.3) is 0 Å². The van der Waals surface area contributed by atoms with Gasteiger partial charge in [-0.1, -0.05) is 54.1 Å². The van der Waals surface area contributed by atoms with Gasteiger partial charge in [-0.15, -0.1) is 0 Å². The molecule has 0 atom stereocenters. The van der Waals surface area contributed by atoms with E-state index in [0.717, 1.165) is 17.7 Å². The Bertz CT molecular complexity index is 566. The van der Waals surface area contributed by atoms with Crippen LogP contribution in [0.3, 0.4) is 0 Å². The molecule has 0 saturated heterocycles. The van der Waals surface area contributed by atoms with Crippen LogP contribution >= 0.6 is 11.6 Å². The van der Waals surface area contributed by atoms with Crippen LogP contribution in [0.1, 0.15) is 11.1 Å². The van der Waals surface area contributed by atoms with Crippen LogP contribution in [-0.4, -0.2) is 13.7 Å². The maximum atomic E-state index is 6.18. The van der Waals surface area contributed by atoms with E-state index in [4.69, 9.17) is 16.3 Å². The van der Waals surface area contributed by atoms with E-state index in [1.165, 1.54) is 0 Å². The highest BCUT2D eigenvalue weighted by atomic mass is 35.5. The molecule has 0 aliphatic heterocycles. The molecule has 0 aliphatic rings. The lowest BCUT2D eigenvalue weighted by Gasteiger charge is -2.07. The molecule has 2 nitrogen and oxygen atoms in total. The first-order chi connectivity index (χ1) is 9.79. The van der Waals surface area contributed by atoms with E-state index in [1.54, 1.807) is 0 Å². The van der Waals surface area contributed by atoms with Crippen molar-refractivity contribution >= 4 is 17.7 Å². The third-order valence-electron chi connectivity index (χ3n) is 2.82. The number of benzene rings is 2. The zero-order chi connectivity index (χ0) is 14.2. The quantitative estimate of drug-likeness (QED) is 0.862. The molecule has 20 heavy (non-hydrogen) atoms. The smallest absolute Gasteiger partial charge is 0.138 e. The Morgan fingerprint density at radius 1 is 1.15 bits per heavy atom. The van der Waals surface area contributed by atoms with Gasteiger partial charge in [0.15, 0.2) is 0 Å². The molecule has 0 bridgehead atoms. The third kappa shape index (κ3) is 4.41.